The Morgan fingerprint density at radius 3 is 3.00 bits per heavy atom. The number of quaternary nitrogens is 1. The standard InChI is InChI=1S/C20H18BrN3O2S/c1-24-8-7-13-16(10-24)27-20-17(13)19(25)22-18(23-20)15-6-5-14(26-15)11-3-2-4-12(21)9-11/h2-6,9,18,23H,7-8,10H2,1H3,(H,22,25)/p+1/t18-/m1/s1. The molecule has 3 aromatic rings. The highest BCUT2D eigenvalue weighted by Crippen LogP contribution is 2.39. The average molecular weight is 445 g/mol. The number of benzene rings is 1. The van der Waals surface area contributed by atoms with Gasteiger partial charge in [0.2, 0.25) is 0 Å². The van der Waals surface area contributed by atoms with Crippen LogP contribution >= 0.6 is 27.3 Å². The Hall–Kier alpha value is -2.09. The second-order valence-corrected chi connectivity index (χ2v) is 9.13. The molecule has 7 heteroatoms. The van der Waals surface area contributed by atoms with Crippen LogP contribution in [-0.2, 0) is 13.0 Å². The van der Waals surface area contributed by atoms with Crippen molar-refractivity contribution in [3.8, 4) is 11.3 Å². The molecule has 1 amide bonds. The van der Waals surface area contributed by atoms with Gasteiger partial charge in [-0.05, 0) is 29.8 Å². The summed E-state index contributed by atoms with van der Waals surface area (Å²) in [6.45, 7) is 2.06. The van der Waals surface area contributed by atoms with Gasteiger partial charge in [-0.15, -0.1) is 11.3 Å². The number of carbonyl (C=O) groups is 1. The first-order chi connectivity index (χ1) is 13.1. The molecule has 1 unspecified atom stereocenters. The minimum Gasteiger partial charge on any atom is -0.457 e. The topological polar surface area (TPSA) is 58.7 Å². The lowest BCUT2D eigenvalue weighted by atomic mass is 10.0. The molecule has 0 saturated heterocycles. The number of amides is 1. The summed E-state index contributed by atoms with van der Waals surface area (Å²) in [5.74, 6) is 1.48. The van der Waals surface area contributed by atoms with Crippen LogP contribution in [0.25, 0.3) is 11.3 Å². The van der Waals surface area contributed by atoms with E-state index in [1.165, 1.54) is 15.3 Å². The number of nitrogens with one attached hydrogen (secondary N) is 3. The van der Waals surface area contributed by atoms with E-state index in [0.717, 1.165) is 45.9 Å². The van der Waals surface area contributed by atoms with E-state index in [0.29, 0.717) is 5.76 Å². The zero-order chi connectivity index (χ0) is 18.5. The molecule has 0 spiro atoms. The Morgan fingerprint density at radius 1 is 1.26 bits per heavy atom. The van der Waals surface area contributed by atoms with Gasteiger partial charge in [-0.25, -0.2) is 0 Å². The van der Waals surface area contributed by atoms with Crippen molar-refractivity contribution in [2.24, 2.45) is 0 Å². The molecular formula is C20H19BrN3O2S+. The largest absolute Gasteiger partial charge is 0.457 e. The van der Waals surface area contributed by atoms with Crippen molar-refractivity contribution in [3.05, 3.63) is 62.6 Å². The second kappa shape index (κ2) is 6.51. The number of likely N-dealkylation sites (N-methyl/N-ethyl adjacent to an activating group) is 1. The molecule has 2 aliphatic heterocycles. The van der Waals surface area contributed by atoms with Crippen LogP contribution in [0.2, 0.25) is 0 Å². The van der Waals surface area contributed by atoms with Gasteiger partial charge < -0.3 is 20.0 Å². The Balaban J connectivity index is 1.45. The van der Waals surface area contributed by atoms with E-state index >= 15 is 0 Å². The first-order valence-corrected chi connectivity index (χ1v) is 10.6. The maximum Gasteiger partial charge on any atom is 0.256 e. The third-order valence-electron chi connectivity index (χ3n) is 5.15. The van der Waals surface area contributed by atoms with Crippen LogP contribution in [0.4, 0.5) is 5.00 Å². The zero-order valence-corrected chi connectivity index (χ0v) is 17.2. The minimum atomic E-state index is -0.351. The number of anilines is 1. The lowest BCUT2D eigenvalue weighted by Gasteiger charge is -2.25. The van der Waals surface area contributed by atoms with Crippen molar-refractivity contribution < 1.29 is 14.1 Å². The summed E-state index contributed by atoms with van der Waals surface area (Å²) in [6, 6.07) is 11.8. The van der Waals surface area contributed by atoms with Crippen LogP contribution in [0.3, 0.4) is 0 Å². The summed E-state index contributed by atoms with van der Waals surface area (Å²) in [6.07, 6.45) is 0.608. The van der Waals surface area contributed by atoms with Gasteiger partial charge in [0, 0.05) is 16.5 Å². The van der Waals surface area contributed by atoms with Crippen LogP contribution < -0.4 is 15.5 Å². The summed E-state index contributed by atoms with van der Waals surface area (Å²) in [4.78, 5) is 15.6. The number of hydrogen-bond acceptors (Lipinski definition) is 4. The normalized spacial score (nSPS) is 21.2. The number of halogens is 1. The summed E-state index contributed by atoms with van der Waals surface area (Å²) in [5.41, 5.74) is 3.05. The van der Waals surface area contributed by atoms with Gasteiger partial charge in [0.15, 0.2) is 6.17 Å². The van der Waals surface area contributed by atoms with E-state index in [1.54, 1.807) is 11.3 Å². The van der Waals surface area contributed by atoms with Crippen LogP contribution in [0, 0.1) is 0 Å². The molecule has 27 heavy (non-hydrogen) atoms. The number of carbonyl (C=O) groups excluding carboxylic acids is 1. The second-order valence-electron chi connectivity index (χ2n) is 7.10. The Labute approximate surface area is 169 Å². The quantitative estimate of drug-likeness (QED) is 0.568. The molecule has 0 radical (unpaired) electrons. The third-order valence-corrected chi connectivity index (χ3v) is 6.81. The van der Waals surface area contributed by atoms with Crippen LogP contribution in [0.15, 0.2) is 45.3 Å². The van der Waals surface area contributed by atoms with E-state index in [9.17, 15) is 4.79 Å². The van der Waals surface area contributed by atoms with Crippen molar-refractivity contribution in [2.75, 3.05) is 18.9 Å². The van der Waals surface area contributed by atoms with Gasteiger partial charge in [0.05, 0.1) is 24.0 Å². The number of rotatable bonds is 2. The molecule has 0 fully saturated rings. The Morgan fingerprint density at radius 2 is 2.15 bits per heavy atom. The van der Waals surface area contributed by atoms with Crippen molar-refractivity contribution in [1.29, 1.82) is 0 Å². The number of fused-ring (bicyclic) bond motifs is 3. The maximum atomic E-state index is 12.8. The molecule has 0 bridgehead atoms. The predicted octanol–water partition coefficient (Wildman–Crippen LogP) is 3.20. The monoisotopic (exact) mass is 444 g/mol. The molecule has 138 valence electrons. The first-order valence-electron chi connectivity index (χ1n) is 8.97. The highest BCUT2D eigenvalue weighted by Gasteiger charge is 2.34. The van der Waals surface area contributed by atoms with Gasteiger partial charge in [0.1, 0.15) is 23.1 Å². The third kappa shape index (κ3) is 2.99. The summed E-state index contributed by atoms with van der Waals surface area (Å²) < 4.78 is 7.05. The number of thiophene rings is 1. The van der Waals surface area contributed by atoms with E-state index in [1.807, 2.05) is 36.4 Å². The summed E-state index contributed by atoms with van der Waals surface area (Å²) in [5, 5.41) is 7.49. The smallest absolute Gasteiger partial charge is 0.256 e. The molecule has 2 aromatic heterocycles. The predicted molar refractivity (Wildman–Crippen MR) is 109 cm³/mol. The molecule has 5 nitrogen and oxygen atoms in total. The van der Waals surface area contributed by atoms with E-state index in [2.05, 4.69) is 33.6 Å². The maximum absolute atomic E-state index is 12.8. The van der Waals surface area contributed by atoms with Gasteiger partial charge in [-0.2, -0.15) is 0 Å². The lowest BCUT2D eigenvalue weighted by molar-refractivity contribution is -0.895. The molecule has 4 heterocycles. The van der Waals surface area contributed by atoms with Crippen molar-refractivity contribution in [1.82, 2.24) is 5.32 Å². The SMILES string of the molecule is C[NH+]1CCc2c(sc3c2C(=O)N[C@@H](c2ccc(-c4cccc(Br)c4)o2)N3)C1. The zero-order valence-electron chi connectivity index (χ0n) is 14.8. The van der Waals surface area contributed by atoms with Crippen molar-refractivity contribution in [2.45, 2.75) is 19.1 Å². The van der Waals surface area contributed by atoms with Gasteiger partial charge in [-0.1, -0.05) is 28.1 Å². The van der Waals surface area contributed by atoms with Crippen LogP contribution in [0.5, 0.6) is 0 Å². The molecule has 0 aliphatic carbocycles. The fourth-order valence-corrected chi connectivity index (χ4v) is 5.57. The molecule has 2 aliphatic rings. The molecule has 2 atom stereocenters. The molecule has 1 aromatic carbocycles. The summed E-state index contributed by atoms with van der Waals surface area (Å²) in [7, 11) is 2.20. The number of hydrogen-bond donors (Lipinski definition) is 3. The van der Waals surface area contributed by atoms with Gasteiger partial charge in [-0.3, -0.25) is 4.79 Å². The van der Waals surface area contributed by atoms with E-state index in [4.69, 9.17) is 4.42 Å². The molecular weight excluding hydrogens is 426 g/mol. The average Bonchev–Trinajstić information content (AvgIpc) is 3.26. The highest BCUT2D eigenvalue weighted by atomic mass is 79.9. The van der Waals surface area contributed by atoms with Gasteiger partial charge in [0.25, 0.3) is 5.91 Å². The first kappa shape index (κ1) is 17.0. The van der Waals surface area contributed by atoms with Crippen LogP contribution in [-0.4, -0.2) is 19.5 Å². The Kier molecular flexibility index (Phi) is 4.11. The van der Waals surface area contributed by atoms with E-state index in [-0.39, 0.29) is 12.1 Å². The van der Waals surface area contributed by atoms with E-state index < -0.39 is 0 Å². The molecule has 3 N–H and O–H groups in total. The lowest BCUT2D eigenvalue weighted by Crippen LogP contribution is -3.08. The fourth-order valence-electron chi connectivity index (χ4n) is 3.78. The van der Waals surface area contributed by atoms with Gasteiger partial charge >= 0.3 is 0 Å². The highest BCUT2D eigenvalue weighted by molar-refractivity contribution is 9.10. The molecule has 5 rings (SSSR count). The minimum absolute atomic E-state index is 0.00814. The van der Waals surface area contributed by atoms with Crippen molar-refractivity contribution >= 4 is 38.2 Å². The molecule has 0 saturated carbocycles. The summed E-state index contributed by atoms with van der Waals surface area (Å²) >= 11 is 5.20. The van der Waals surface area contributed by atoms with Crippen LogP contribution in [0.1, 0.15) is 32.7 Å². The number of furan rings is 1. The fraction of sp³-hybridized carbons (Fsp3) is 0.250. The Bertz CT molecular complexity index is 1040. The van der Waals surface area contributed by atoms with Crippen molar-refractivity contribution in [3.63, 3.8) is 0 Å².